The molecule has 0 fully saturated rings. The molecule has 3 aromatic rings. The minimum absolute atomic E-state index is 0.0829. The largest absolute Gasteiger partial charge is 0.395 e. The summed E-state index contributed by atoms with van der Waals surface area (Å²) < 4.78 is 1.67. The van der Waals surface area contributed by atoms with Crippen molar-refractivity contribution in [3.8, 4) is 0 Å². The molecule has 1 aliphatic rings. The van der Waals surface area contributed by atoms with Gasteiger partial charge in [0.15, 0.2) is 5.60 Å². The van der Waals surface area contributed by atoms with Gasteiger partial charge in [0, 0.05) is 42.0 Å². The number of aliphatic hydroxyl groups is 2. The Bertz CT molecular complexity index is 1230. The molecule has 10 nitrogen and oxygen atoms in total. The number of nitrogens with one attached hydrogen (secondary N) is 1. The van der Waals surface area contributed by atoms with Gasteiger partial charge < -0.3 is 15.5 Å². The maximum absolute atomic E-state index is 12.5. The van der Waals surface area contributed by atoms with Crippen LogP contribution in [0.3, 0.4) is 0 Å². The van der Waals surface area contributed by atoms with Crippen LogP contribution < -0.4 is 5.32 Å². The van der Waals surface area contributed by atoms with Crippen molar-refractivity contribution in [2.45, 2.75) is 31.4 Å². The van der Waals surface area contributed by atoms with E-state index in [4.69, 9.17) is 0 Å². The van der Waals surface area contributed by atoms with Crippen LogP contribution in [0.4, 0.5) is 11.4 Å². The van der Waals surface area contributed by atoms with E-state index < -0.39 is 22.3 Å². The Morgan fingerprint density at radius 2 is 2.03 bits per heavy atom. The van der Waals surface area contributed by atoms with Crippen LogP contribution in [0.25, 0.3) is 0 Å². The molecule has 176 valence electrons. The summed E-state index contributed by atoms with van der Waals surface area (Å²) in [5.74, 6) is -1.50. The van der Waals surface area contributed by atoms with Crippen molar-refractivity contribution in [1.82, 2.24) is 15.0 Å². The van der Waals surface area contributed by atoms with Gasteiger partial charge in [-0.2, -0.15) is 0 Å². The van der Waals surface area contributed by atoms with Crippen LogP contribution in [0.1, 0.15) is 36.1 Å². The number of carbonyl (C=O) groups is 1. The number of amides is 1. The number of non-ortho nitro benzene ring substituents is 1. The van der Waals surface area contributed by atoms with Gasteiger partial charge in [-0.3, -0.25) is 19.6 Å². The van der Waals surface area contributed by atoms with Crippen molar-refractivity contribution in [3.63, 3.8) is 0 Å². The lowest BCUT2D eigenvalue weighted by atomic mass is 9.83. The van der Waals surface area contributed by atoms with Gasteiger partial charge >= 0.3 is 0 Å². The van der Waals surface area contributed by atoms with Crippen LogP contribution in [0.5, 0.6) is 0 Å². The molecule has 3 atom stereocenters. The Morgan fingerprint density at radius 1 is 1.26 bits per heavy atom. The van der Waals surface area contributed by atoms with Gasteiger partial charge in [0.05, 0.1) is 23.1 Å². The molecule has 1 amide bonds. The molecular formula is C24H25N5O5. The summed E-state index contributed by atoms with van der Waals surface area (Å²) in [7, 11) is 0. The molecule has 4 rings (SSSR count). The summed E-state index contributed by atoms with van der Waals surface area (Å²) in [4.78, 5) is 23.1. The second kappa shape index (κ2) is 9.54. The fraction of sp³-hybridized carbons (Fsp3) is 0.292. The summed E-state index contributed by atoms with van der Waals surface area (Å²) in [6.07, 6.45) is 5.89. The van der Waals surface area contributed by atoms with E-state index in [9.17, 15) is 25.1 Å². The van der Waals surface area contributed by atoms with Crippen molar-refractivity contribution in [2.24, 2.45) is 5.92 Å². The smallest absolute Gasteiger partial charge is 0.269 e. The lowest BCUT2D eigenvalue weighted by Gasteiger charge is -2.25. The number of nitro groups is 1. The number of nitrogens with zero attached hydrogens (tertiary/aromatic N) is 4. The highest BCUT2D eigenvalue weighted by atomic mass is 16.6. The number of hydrogen-bond acceptors (Lipinski definition) is 7. The Labute approximate surface area is 195 Å². The average molecular weight is 463 g/mol. The summed E-state index contributed by atoms with van der Waals surface area (Å²) in [5.41, 5.74) is 0.0904. The fourth-order valence-electron chi connectivity index (χ4n) is 4.15. The van der Waals surface area contributed by atoms with Crippen molar-refractivity contribution >= 4 is 17.3 Å². The maximum atomic E-state index is 12.5. The molecule has 2 aromatic carbocycles. The first-order valence-corrected chi connectivity index (χ1v) is 10.9. The van der Waals surface area contributed by atoms with Crippen LogP contribution in [-0.4, -0.2) is 42.6 Å². The summed E-state index contributed by atoms with van der Waals surface area (Å²) in [6, 6.07) is 13.5. The van der Waals surface area contributed by atoms with Gasteiger partial charge in [0.2, 0.25) is 0 Å². The fourth-order valence-corrected chi connectivity index (χ4v) is 4.15. The summed E-state index contributed by atoms with van der Waals surface area (Å²) in [6.45, 7) is 2.11. The lowest BCUT2D eigenvalue weighted by molar-refractivity contribution is -0.385. The number of anilines is 1. The molecule has 0 aliphatic carbocycles. The Kier molecular flexibility index (Phi) is 6.53. The van der Waals surface area contributed by atoms with Gasteiger partial charge in [-0.15, -0.1) is 5.10 Å². The van der Waals surface area contributed by atoms with E-state index in [1.165, 1.54) is 18.2 Å². The standard InChI is InChI=1S/C24H25N5O5/c1-16(24(32)20-13-18(29(33)34)10-11-21(20)25-23(24)31)7-5-6-12-28-14-22(26-27-28)19(15-30)17-8-3-2-4-9-17/h2-5,7-11,13-14,16,19,30,32H,6,12,15H2,1H3,(H,25,31)/b7-5+/t16-,19?,24+/m0/s1. The Balaban J connectivity index is 1.42. The van der Waals surface area contributed by atoms with Crippen molar-refractivity contribution in [2.75, 3.05) is 11.9 Å². The lowest BCUT2D eigenvalue weighted by Crippen LogP contribution is -2.39. The zero-order valence-electron chi connectivity index (χ0n) is 18.5. The molecule has 1 aromatic heterocycles. The number of allylic oxidation sites excluding steroid dienone is 1. The number of aryl methyl sites for hydroxylation is 1. The highest BCUT2D eigenvalue weighted by Crippen LogP contribution is 2.43. The molecule has 0 saturated heterocycles. The molecule has 34 heavy (non-hydrogen) atoms. The molecule has 0 spiro atoms. The van der Waals surface area contributed by atoms with Gasteiger partial charge in [-0.05, 0) is 18.1 Å². The van der Waals surface area contributed by atoms with Gasteiger partial charge in [-0.1, -0.05) is 54.6 Å². The van der Waals surface area contributed by atoms with E-state index in [0.717, 1.165) is 5.56 Å². The van der Waals surface area contributed by atoms with Gasteiger partial charge in [0.25, 0.3) is 11.6 Å². The van der Waals surface area contributed by atoms with Crippen LogP contribution in [0.15, 0.2) is 66.9 Å². The molecule has 2 heterocycles. The maximum Gasteiger partial charge on any atom is 0.269 e. The summed E-state index contributed by atoms with van der Waals surface area (Å²) >= 11 is 0. The van der Waals surface area contributed by atoms with Crippen molar-refractivity contribution < 1.29 is 19.9 Å². The zero-order chi connectivity index (χ0) is 24.3. The third kappa shape index (κ3) is 4.33. The topological polar surface area (TPSA) is 143 Å². The molecule has 0 bridgehead atoms. The third-order valence-electron chi connectivity index (χ3n) is 6.13. The first-order chi connectivity index (χ1) is 16.3. The monoisotopic (exact) mass is 463 g/mol. The second-order valence-corrected chi connectivity index (χ2v) is 8.27. The van der Waals surface area contributed by atoms with E-state index in [2.05, 4.69) is 15.6 Å². The number of fused-ring (bicyclic) bond motifs is 1. The second-order valence-electron chi connectivity index (χ2n) is 8.27. The van der Waals surface area contributed by atoms with Crippen molar-refractivity contribution in [1.29, 1.82) is 0 Å². The average Bonchev–Trinajstić information content (AvgIpc) is 3.40. The molecule has 3 N–H and O–H groups in total. The Hall–Kier alpha value is -3.89. The van der Waals surface area contributed by atoms with Crippen LogP contribution in [-0.2, 0) is 16.9 Å². The minimum Gasteiger partial charge on any atom is -0.395 e. The molecule has 0 saturated carbocycles. The zero-order valence-corrected chi connectivity index (χ0v) is 18.5. The van der Waals surface area contributed by atoms with Crippen LogP contribution in [0, 0.1) is 16.0 Å². The van der Waals surface area contributed by atoms with E-state index in [-0.39, 0.29) is 23.8 Å². The van der Waals surface area contributed by atoms with E-state index in [0.29, 0.717) is 24.3 Å². The first-order valence-electron chi connectivity index (χ1n) is 10.9. The Morgan fingerprint density at radius 3 is 2.74 bits per heavy atom. The minimum atomic E-state index is -1.90. The number of benzene rings is 2. The number of carbonyl (C=O) groups excluding carboxylic acids is 1. The number of aliphatic hydroxyl groups excluding tert-OH is 1. The molecule has 0 radical (unpaired) electrons. The predicted octanol–water partition coefficient (Wildman–Crippen LogP) is 2.73. The summed E-state index contributed by atoms with van der Waals surface area (Å²) in [5, 5.41) is 43.0. The molecular weight excluding hydrogens is 438 g/mol. The number of aromatic nitrogens is 3. The SMILES string of the molecule is C[C@@H](/C=C/CCn1cc(C(CO)c2ccccc2)nn1)[C@]1(O)C(=O)Nc2ccc([N+](=O)[O-])cc21. The quantitative estimate of drug-likeness (QED) is 0.251. The first kappa shape index (κ1) is 23.3. The van der Waals surface area contributed by atoms with Crippen molar-refractivity contribution in [3.05, 3.63) is 93.8 Å². The van der Waals surface area contributed by atoms with E-state index >= 15 is 0 Å². The highest BCUT2D eigenvalue weighted by Gasteiger charge is 2.49. The molecule has 1 unspecified atom stereocenters. The van der Waals surface area contributed by atoms with E-state index in [1.807, 2.05) is 36.4 Å². The highest BCUT2D eigenvalue weighted by molar-refractivity contribution is 6.05. The van der Waals surface area contributed by atoms with Gasteiger partial charge in [-0.25, -0.2) is 0 Å². The predicted molar refractivity (Wildman–Crippen MR) is 124 cm³/mol. The molecule has 1 aliphatic heterocycles. The van der Waals surface area contributed by atoms with Gasteiger partial charge in [0.1, 0.15) is 0 Å². The van der Waals surface area contributed by atoms with Crippen LogP contribution in [0.2, 0.25) is 0 Å². The molecule has 10 heteroatoms. The number of nitro benzene ring substituents is 1. The number of hydrogen-bond donors (Lipinski definition) is 3. The third-order valence-corrected chi connectivity index (χ3v) is 6.13. The van der Waals surface area contributed by atoms with E-state index in [1.54, 1.807) is 23.9 Å². The normalized spacial score (nSPS) is 19.1. The number of rotatable bonds is 9. The van der Waals surface area contributed by atoms with Crippen LogP contribution >= 0.6 is 0 Å².